The first kappa shape index (κ1) is 15.0. The van der Waals surface area contributed by atoms with Gasteiger partial charge in [-0.25, -0.2) is 9.59 Å². The Morgan fingerprint density at radius 1 is 1.16 bits per heavy atom. The number of carbonyl (C=O) groups is 2. The zero-order valence-electron chi connectivity index (χ0n) is 11.6. The number of benzene rings is 1. The number of esters is 1. The molecule has 0 fully saturated rings. The highest BCUT2D eigenvalue weighted by molar-refractivity contribution is 5.89. The third-order valence-corrected chi connectivity index (χ3v) is 2.21. The second-order valence-electron chi connectivity index (χ2n) is 5.04. The SMILES string of the molecule is CO[13C](=O)c1ccc([13CH2][15NH]C(=O)OC(C)(C)C)cc1. The molecule has 0 radical (unpaired) electrons. The maximum Gasteiger partial charge on any atom is 0.407 e. The van der Waals surface area contributed by atoms with Gasteiger partial charge in [0.05, 0.1) is 12.7 Å². The molecule has 0 aliphatic heterocycles. The van der Waals surface area contributed by atoms with Gasteiger partial charge in [0.15, 0.2) is 0 Å². The van der Waals surface area contributed by atoms with Crippen LogP contribution in [0.2, 0.25) is 0 Å². The van der Waals surface area contributed by atoms with Crippen LogP contribution in [0.3, 0.4) is 0 Å². The van der Waals surface area contributed by atoms with Gasteiger partial charge in [0, 0.05) is 6.54 Å². The topological polar surface area (TPSA) is 64.6 Å². The lowest BCUT2D eigenvalue weighted by molar-refractivity contribution is 0.0522. The summed E-state index contributed by atoms with van der Waals surface area (Å²) in [5.41, 5.74) is 0.834. The summed E-state index contributed by atoms with van der Waals surface area (Å²) in [5, 5.41) is 2.64. The highest BCUT2D eigenvalue weighted by Crippen LogP contribution is 2.08. The van der Waals surface area contributed by atoms with E-state index in [9.17, 15) is 9.59 Å². The van der Waals surface area contributed by atoms with Gasteiger partial charge in [-0.2, -0.15) is 0 Å². The van der Waals surface area contributed by atoms with Crippen molar-refractivity contribution in [1.29, 1.82) is 0 Å². The predicted molar refractivity (Wildman–Crippen MR) is 70.9 cm³/mol. The minimum absolute atomic E-state index is 0.344. The van der Waals surface area contributed by atoms with Gasteiger partial charge in [-0.1, -0.05) is 12.1 Å². The van der Waals surface area contributed by atoms with Crippen LogP contribution in [0, 0.1) is 0 Å². The first-order valence-electron chi connectivity index (χ1n) is 5.96. The van der Waals surface area contributed by atoms with Crippen LogP contribution in [-0.2, 0) is 16.0 Å². The van der Waals surface area contributed by atoms with Crippen LogP contribution in [0.1, 0.15) is 36.7 Å². The molecule has 0 saturated heterocycles. The van der Waals surface area contributed by atoms with Crippen molar-refractivity contribution in [1.82, 2.24) is 5.32 Å². The molecule has 104 valence electrons. The molecule has 1 amide bonds. The third kappa shape index (κ3) is 5.42. The van der Waals surface area contributed by atoms with E-state index in [1.165, 1.54) is 7.11 Å². The van der Waals surface area contributed by atoms with Gasteiger partial charge in [-0.05, 0) is 38.5 Å². The van der Waals surface area contributed by atoms with Gasteiger partial charge in [-0.15, -0.1) is 0 Å². The molecular weight excluding hydrogens is 249 g/mol. The van der Waals surface area contributed by atoms with E-state index in [-0.39, 0.29) is 5.97 Å². The molecule has 0 aliphatic carbocycles. The summed E-state index contributed by atoms with van der Waals surface area (Å²) < 4.78 is 9.72. The lowest BCUT2D eigenvalue weighted by Crippen LogP contribution is -2.32. The molecule has 0 spiro atoms. The fraction of sp³-hybridized carbons (Fsp3) is 0.429. The second kappa shape index (κ2) is 6.22. The Balaban J connectivity index is 2.50. The van der Waals surface area contributed by atoms with E-state index < -0.39 is 11.7 Å². The molecular formula is C14H19NO4. The number of rotatable bonds is 3. The molecule has 1 rings (SSSR count). The van der Waals surface area contributed by atoms with E-state index >= 15 is 0 Å². The lowest BCUT2D eigenvalue weighted by Gasteiger charge is -2.19. The van der Waals surface area contributed by atoms with Crippen LogP contribution in [0.15, 0.2) is 24.3 Å². The van der Waals surface area contributed by atoms with Crippen molar-refractivity contribution in [3.8, 4) is 0 Å². The van der Waals surface area contributed by atoms with Gasteiger partial charge >= 0.3 is 12.1 Å². The number of methoxy groups -OCH3 is 1. The van der Waals surface area contributed by atoms with Crippen LogP contribution in [-0.4, -0.2) is 24.8 Å². The molecule has 19 heavy (non-hydrogen) atoms. The molecule has 5 nitrogen and oxygen atoms in total. The highest BCUT2D eigenvalue weighted by Gasteiger charge is 2.15. The quantitative estimate of drug-likeness (QED) is 0.519. The maximum atomic E-state index is 11.4. The van der Waals surface area contributed by atoms with Crippen molar-refractivity contribution >= 4 is 12.1 Å². The summed E-state index contributed by atoms with van der Waals surface area (Å²) in [5.74, 6) is -0.383. The molecule has 1 N–H and O–H groups in total. The number of hydrogen-bond acceptors (Lipinski definition) is 4. The number of alkyl carbamates (subject to hydrolysis) is 1. The van der Waals surface area contributed by atoms with Gasteiger partial charge in [0.1, 0.15) is 5.60 Å². The van der Waals surface area contributed by atoms with Crippen LogP contribution in [0.25, 0.3) is 0 Å². The van der Waals surface area contributed by atoms with Crippen molar-refractivity contribution in [2.24, 2.45) is 0 Å². The fourth-order valence-corrected chi connectivity index (χ4v) is 1.36. The summed E-state index contributed by atoms with van der Waals surface area (Å²) in [4.78, 5) is 22.7. The van der Waals surface area contributed by atoms with Crippen LogP contribution < -0.4 is 5.32 Å². The van der Waals surface area contributed by atoms with E-state index in [0.717, 1.165) is 5.56 Å². The molecule has 0 unspecified atom stereocenters. The monoisotopic (exact) mass is 268 g/mol. The standard InChI is InChI=1S/C14H19NO4/c1-14(2,3)19-13(17)15-9-10-5-7-11(8-6-10)12(16)18-4/h5-8H,9H2,1-4H3,(H,15,17)/i9+1,12+1,15+1. The number of amides is 1. The Hall–Kier alpha value is -2.04. The number of hydrogen-bond donors (Lipinski definition) is 1. The molecule has 0 aliphatic rings. The predicted octanol–water partition coefficient (Wildman–Crippen LogP) is 2.50. The Morgan fingerprint density at radius 3 is 2.21 bits per heavy atom. The fourth-order valence-electron chi connectivity index (χ4n) is 1.36. The van der Waals surface area contributed by atoms with Crippen molar-refractivity contribution < 1.29 is 19.1 Å². The van der Waals surface area contributed by atoms with Crippen molar-refractivity contribution in [3.05, 3.63) is 35.4 Å². The molecule has 0 heterocycles. The molecule has 0 aromatic heterocycles. The van der Waals surface area contributed by atoms with Gasteiger partial charge in [0.25, 0.3) is 0 Å². The van der Waals surface area contributed by atoms with E-state index in [1.807, 2.05) is 0 Å². The van der Waals surface area contributed by atoms with E-state index in [4.69, 9.17) is 4.74 Å². The molecule has 0 bridgehead atoms. The minimum Gasteiger partial charge on any atom is -0.465 e. The molecule has 1 aromatic carbocycles. The zero-order chi connectivity index (χ0) is 14.5. The summed E-state index contributed by atoms with van der Waals surface area (Å²) in [6.45, 7) is 5.75. The summed E-state index contributed by atoms with van der Waals surface area (Å²) in [6.07, 6.45) is -0.468. The first-order valence-corrected chi connectivity index (χ1v) is 5.96. The number of nitrogens with one attached hydrogen (secondary N) is 1. The summed E-state index contributed by atoms with van der Waals surface area (Å²) in [7, 11) is 1.33. The average Bonchev–Trinajstić information content (AvgIpc) is 2.34. The summed E-state index contributed by atoms with van der Waals surface area (Å²) in [6, 6.07) is 6.81. The Morgan fingerprint density at radius 2 is 1.74 bits per heavy atom. The van der Waals surface area contributed by atoms with E-state index in [1.54, 1.807) is 45.0 Å². The van der Waals surface area contributed by atoms with Gasteiger partial charge < -0.3 is 14.8 Å². The summed E-state index contributed by atoms with van der Waals surface area (Å²) >= 11 is 0. The van der Waals surface area contributed by atoms with Gasteiger partial charge in [-0.3, -0.25) is 0 Å². The largest absolute Gasteiger partial charge is 0.465 e. The van der Waals surface area contributed by atoms with Crippen molar-refractivity contribution in [2.75, 3.05) is 7.11 Å². The maximum absolute atomic E-state index is 11.4. The van der Waals surface area contributed by atoms with Crippen molar-refractivity contribution in [2.45, 2.75) is 32.9 Å². The lowest BCUT2D eigenvalue weighted by atomic mass is 10.2. The molecule has 1 aromatic rings. The third-order valence-electron chi connectivity index (χ3n) is 2.21. The Labute approximate surface area is 112 Å². The van der Waals surface area contributed by atoms with Crippen LogP contribution in [0.4, 0.5) is 4.79 Å². The van der Waals surface area contributed by atoms with Gasteiger partial charge in [0.2, 0.25) is 0 Å². The Kier molecular flexibility index (Phi) is 4.92. The van der Waals surface area contributed by atoms with Crippen molar-refractivity contribution in [3.63, 3.8) is 0 Å². The normalized spacial score (nSPS) is 10.7. The number of ether oxygens (including phenoxy) is 2. The van der Waals surface area contributed by atoms with Crippen LogP contribution in [0.5, 0.6) is 0 Å². The van der Waals surface area contributed by atoms with E-state index in [0.29, 0.717) is 12.1 Å². The zero-order valence-corrected chi connectivity index (χ0v) is 11.6. The highest BCUT2D eigenvalue weighted by atomic mass is 16.6. The number of carbonyl (C=O) groups excluding carboxylic acids is 2. The smallest absolute Gasteiger partial charge is 0.407 e. The molecule has 0 atom stereocenters. The first-order chi connectivity index (χ1) is 8.81. The van der Waals surface area contributed by atoms with Crippen LogP contribution >= 0.6 is 0 Å². The second-order valence-corrected chi connectivity index (χ2v) is 5.04. The molecule has 5 heteroatoms. The van der Waals surface area contributed by atoms with E-state index in [2.05, 4.69) is 10.1 Å². The average molecular weight is 268 g/mol. The Bertz CT molecular complexity index is 446. The molecule has 0 saturated carbocycles. The minimum atomic E-state index is -0.515.